The molecule has 1 atom stereocenters. The second-order valence-corrected chi connectivity index (χ2v) is 3.95. The van der Waals surface area contributed by atoms with Crippen molar-refractivity contribution in [3.05, 3.63) is 66.0 Å². The maximum absolute atomic E-state index is 10.2. The number of nitrogens with zero attached hydrogens (tertiary/aromatic N) is 1. The van der Waals surface area contributed by atoms with E-state index >= 15 is 0 Å². The number of rotatable bonds is 2. The largest absolute Gasteiger partial charge is 0.380 e. The molecule has 0 aliphatic carbocycles. The Bertz CT molecular complexity index is 598. The van der Waals surface area contributed by atoms with Gasteiger partial charge in [-0.3, -0.25) is 0 Å². The smallest absolute Gasteiger partial charge is 0.140 e. The SMILES string of the molecule is C.OC(c1ccccc1)c1nc2ccccc2[nH]1. The van der Waals surface area contributed by atoms with E-state index in [2.05, 4.69) is 9.97 Å². The number of nitrogens with one attached hydrogen (secondary N) is 1. The molecule has 1 aromatic heterocycles. The average molecular weight is 240 g/mol. The fourth-order valence-electron chi connectivity index (χ4n) is 1.90. The van der Waals surface area contributed by atoms with Crippen molar-refractivity contribution in [3.63, 3.8) is 0 Å². The van der Waals surface area contributed by atoms with Crippen LogP contribution in [0.2, 0.25) is 0 Å². The molecule has 0 aliphatic heterocycles. The third-order valence-corrected chi connectivity index (χ3v) is 2.78. The second-order valence-electron chi connectivity index (χ2n) is 3.95. The lowest BCUT2D eigenvalue weighted by molar-refractivity contribution is 0.211. The Hall–Kier alpha value is -2.13. The van der Waals surface area contributed by atoms with Crippen molar-refractivity contribution in [2.75, 3.05) is 0 Å². The third-order valence-electron chi connectivity index (χ3n) is 2.78. The molecule has 18 heavy (non-hydrogen) atoms. The molecule has 0 fully saturated rings. The van der Waals surface area contributed by atoms with E-state index in [1.807, 2.05) is 54.6 Å². The number of para-hydroxylation sites is 2. The van der Waals surface area contributed by atoms with Crippen molar-refractivity contribution in [3.8, 4) is 0 Å². The number of H-pyrrole nitrogens is 1. The molecule has 0 radical (unpaired) electrons. The average Bonchev–Trinajstić information content (AvgIpc) is 2.82. The quantitative estimate of drug-likeness (QED) is 0.722. The van der Waals surface area contributed by atoms with Gasteiger partial charge in [-0.15, -0.1) is 0 Å². The first-order chi connectivity index (χ1) is 8.34. The molecule has 0 saturated heterocycles. The van der Waals surface area contributed by atoms with E-state index in [1.165, 1.54) is 0 Å². The molecule has 2 aromatic carbocycles. The summed E-state index contributed by atoms with van der Waals surface area (Å²) in [6.07, 6.45) is -0.705. The van der Waals surface area contributed by atoms with Crippen LogP contribution in [-0.2, 0) is 0 Å². The zero-order chi connectivity index (χ0) is 11.7. The summed E-state index contributed by atoms with van der Waals surface area (Å²) >= 11 is 0. The molecule has 3 heteroatoms. The first kappa shape index (κ1) is 12.3. The number of hydrogen-bond donors (Lipinski definition) is 2. The Morgan fingerprint density at radius 1 is 0.944 bits per heavy atom. The van der Waals surface area contributed by atoms with Crippen LogP contribution in [0.5, 0.6) is 0 Å². The van der Waals surface area contributed by atoms with E-state index in [-0.39, 0.29) is 7.43 Å². The number of aliphatic hydroxyl groups excluding tert-OH is 1. The molecule has 92 valence electrons. The summed E-state index contributed by atoms with van der Waals surface area (Å²) in [6.45, 7) is 0. The lowest BCUT2D eigenvalue weighted by atomic mass is 10.1. The van der Waals surface area contributed by atoms with Crippen molar-refractivity contribution in [1.82, 2.24) is 9.97 Å². The van der Waals surface area contributed by atoms with E-state index < -0.39 is 6.10 Å². The number of fused-ring (bicyclic) bond motifs is 1. The Labute approximate surface area is 106 Å². The summed E-state index contributed by atoms with van der Waals surface area (Å²) in [4.78, 5) is 7.52. The number of imidazole rings is 1. The molecule has 0 aliphatic rings. The first-order valence-electron chi connectivity index (χ1n) is 5.52. The molecule has 2 N–H and O–H groups in total. The predicted molar refractivity (Wildman–Crippen MR) is 73.3 cm³/mol. The van der Waals surface area contributed by atoms with E-state index in [0.29, 0.717) is 5.82 Å². The molecule has 0 amide bonds. The molecule has 3 aromatic rings. The van der Waals surface area contributed by atoms with Gasteiger partial charge in [0.05, 0.1) is 11.0 Å². The van der Waals surface area contributed by atoms with Crippen molar-refractivity contribution in [1.29, 1.82) is 0 Å². The topological polar surface area (TPSA) is 48.9 Å². The van der Waals surface area contributed by atoms with E-state index in [4.69, 9.17) is 0 Å². The monoisotopic (exact) mass is 240 g/mol. The fourth-order valence-corrected chi connectivity index (χ4v) is 1.90. The van der Waals surface area contributed by atoms with Gasteiger partial charge in [0.1, 0.15) is 11.9 Å². The number of aromatic amines is 1. The van der Waals surface area contributed by atoms with Gasteiger partial charge in [-0.1, -0.05) is 49.9 Å². The Balaban J connectivity index is 0.00000120. The Kier molecular flexibility index (Phi) is 3.44. The second kappa shape index (κ2) is 5.02. The minimum Gasteiger partial charge on any atom is -0.380 e. The van der Waals surface area contributed by atoms with Gasteiger partial charge in [-0.2, -0.15) is 0 Å². The van der Waals surface area contributed by atoms with Crippen LogP contribution in [0.3, 0.4) is 0 Å². The zero-order valence-corrected chi connectivity index (χ0v) is 9.17. The van der Waals surface area contributed by atoms with E-state index in [0.717, 1.165) is 16.6 Å². The van der Waals surface area contributed by atoms with E-state index in [1.54, 1.807) is 0 Å². The summed E-state index contributed by atoms with van der Waals surface area (Å²) < 4.78 is 0. The predicted octanol–water partition coefficient (Wildman–Crippen LogP) is 3.28. The van der Waals surface area contributed by atoms with Crippen LogP contribution >= 0.6 is 0 Å². The third kappa shape index (κ3) is 2.13. The van der Waals surface area contributed by atoms with Gasteiger partial charge in [-0.25, -0.2) is 4.98 Å². The Morgan fingerprint density at radius 3 is 2.33 bits per heavy atom. The molecular weight excluding hydrogens is 224 g/mol. The highest BCUT2D eigenvalue weighted by molar-refractivity contribution is 5.74. The number of aromatic nitrogens is 2. The molecule has 0 spiro atoms. The minimum absolute atomic E-state index is 0. The first-order valence-corrected chi connectivity index (χ1v) is 5.52. The minimum atomic E-state index is -0.705. The summed E-state index contributed by atoms with van der Waals surface area (Å²) in [6, 6.07) is 17.3. The highest BCUT2D eigenvalue weighted by Gasteiger charge is 2.13. The summed E-state index contributed by atoms with van der Waals surface area (Å²) in [7, 11) is 0. The van der Waals surface area contributed by atoms with Crippen LogP contribution in [0.15, 0.2) is 54.6 Å². The highest BCUT2D eigenvalue weighted by Crippen LogP contribution is 2.21. The van der Waals surface area contributed by atoms with Crippen molar-refractivity contribution in [2.45, 2.75) is 13.5 Å². The molecule has 1 unspecified atom stereocenters. The molecule has 0 saturated carbocycles. The lowest BCUT2D eigenvalue weighted by Gasteiger charge is -2.06. The van der Waals surface area contributed by atoms with Gasteiger partial charge < -0.3 is 10.1 Å². The molecular formula is C15H16N2O. The van der Waals surface area contributed by atoms with Gasteiger partial charge in [0, 0.05) is 0 Å². The summed E-state index contributed by atoms with van der Waals surface area (Å²) in [5, 5.41) is 10.2. The maximum atomic E-state index is 10.2. The van der Waals surface area contributed by atoms with E-state index in [9.17, 15) is 5.11 Å². The van der Waals surface area contributed by atoms with Gasteiger partial charge >= 0.3 is 0 Å². The fraction of sp³-hybridized carbons (Fsp3) is 0.133. The van der Waals surface area contributed by atoms with Crippen LogP contribution in [-0.4, -0.2) is 15.1 Å². The highest BCUT2D eigenvalue weighted by atomic mass is 16.3. The van der Waals surface area contributed by atoms with Crippen LogP contribution in [0.4, 0.5) is 0 Å². The van der Waals surface area contributed by atoms with Gasteiger partial charge in [0.15, 0.2) is 0 Å². The van der Waals surface area contributed by atoms with Crippen LogP contribution in [0.1, 0.15) is 24.9 Å². The molecule has 0 bridgehead atoms. The Morgan fingerprint density at radius 2 is 1.61 bits per heavy atom. The number of benzene rings is 2. The van der Waals surface area contributed by atoms with Crippen LogP contribution in [0, 0.1) is 0 Å². The molecule has 3 rings (SSSR count). The molecule has 3 nitrogen and oxygen atoms in total. The van der Waals surface area contributed by atoms with Gasteiger partial charge in [-0.05, 0) is 17.7 Å². The van der Waals surface area contributed by atoms with Crippen LogP contribution < -0.4 is 0 Å². The van der Waals surface area contributed by atoms with Crippen molar-refractivity contribution in [2.24, 2.45) is 0 Å². The zero-order valence-electron chi connectivity index (χ0n) is 9.17. The van der Waals surface area contributed by atoms with Crippen molar-refractivity contribution >= 4 is 11.0 Å². The lowest BCUT2D eigenvalue weighted by Crippen LogP contribution is -2.01. The van der Waals surface area contributed by atoms with Gasteiger partial charge in [0.2, 0.25) is 0 Å². The normalized spacial score (nSPS) is 12.1. The molecule has 1 heterocycles. The number of hydrogen-bond acceptors (Lipinski definition) is 2. The maximum Gasteiger partial charge on any atom is 0.140 e. The summed E-state index contributed by atoms with van der Waals surface area (Å²) in [5.74, 6) is 0.581. The standard InChI is InChI=1S/C14H12N2O.CH4/c17-13(10-6-2-1-3-7-10)14-15-11-8-4-5-9-12(11)16-14;/h1-9,13,17H,(H,15,16);1H4. The summed E-state index contributed by atoms with van der Waals surface area (Å²) in [5.41, 5.74) is 2.65. The number of aliphatic hydroxyl groups is 1. The van der Waals surface area contributed by atoms with Gasteiger partial charge in [0.25, 0.3) is 0 Å². The van der Waals surface area contributed by atoms with Crippen LogP contribution in [0.25, 0.3) is 11.0 Å². The van der Waals surface area contributed by atoms with Crippen molar-refractivity contribution < 1.29 is 5.11 Å².